The third kappa shape index (κ3) is 2.37. The third-order valence-electron chi connectivity index (χ3n) is 2.74. The lowest BCUT2D eigenvalue weighted by Gasteiger charge is -2.29. The maximum Gasteiger partial charge on any atom is 0.244 e. The molecule has 1 aliphatic rings. The Hall–Kier alpha value is -1.46. The molecule has 1 aliphatic heterocycles. The van der Waals surface area contributed by atoms with Gasteiger partial charge in [-0.25, -0.2) is 0 Å². The Balaban J connectivity index is 2.04. The Kier molecular flexibility index (Phi) is 3.48. The van der Waals surface area contributed by atoms with E-state index >= 15 is 0 Å². The zero-order valence-electron chi connectivity index (χ0n) is 9.10. The predicted molar refractivity (Wildman–Crippen MR) is 60.6 cm³/mol. The Bertz CT molecular complexity index is 348. The standard InChI is InChI=1S/C11H16N4O/c12-10(9-2-1-3-14-8-9)11(16)15-6-4-13-5-7-15/h1-3,8,10,13H,4-7,12H2. The molecule has 0 spiro atoms. The zero-order valence-corrected chi connectivity index (χ0v) is 9.10. The van der Waals surface area contributed by atoms with E-state index in [2.05, 4.69) is 10.3 Å². The Morgan fingerprint density at radius 2 is 2.25 bits per heavy atom. The van der Waals surface area contributed by atoms with E-state index in [4.69, 9.17) is 5.73 Å². The van der Waals surface area contributed by atoms with Crippen molar-refractivity contribution in [2.45, 2.75) is 6.04 Å². The second kappa shape index (κ2) is 5.05. The van der Waals surface area contributed by atoms with Crippen molar-refractivity contribution in [3.8, 4) is 0 Å². The highest BCUT2D eigenvalue weighted by molar-refractivity contribution is 5.83. The van der Waals surface area contributed by atoms with Gasteiger partial charge in [-0.1, -0.05) is 6.07 Å². The van der Waals surface area contributed by atoms with Gasteiger partial charge in [-0.2, -0.15) is 0 Å². The molecule has 1 saturated heterocycles. The number of aromatic nitrogens is 1. The number of hydrogen-bond acceptors (Lipinski definition) is 4. The summed E-state index contributed by atoms with van der Waals surface area (Å²) in [4.78, 5) is 17.8. The molecular formula is C11H16N4O. The Morgan fingerprint density at radius 3 is 2.88 bits per heavy atom. The molecule has 1 aromatic heterocycles. The van der Waals surface area contributed by atoms with E-state index in [1.54, 1.807) is 23.4 Å². The van der Waals surface area contributed by atoms with Crippen LogP contribution in [0.1, 0.15) is 11.6 Å². The van der Waals surface area contributed by atoms with Crippen molar-refractivity contribution in [2.24, 2.45) is 5.73 Å². The van der Waals surface area contributed by atoms with Crippen LogP contribution in [0.2, 0.25) is 0 Å². The van der Waals surface area contributed by atoms with Crippen LogP contribution >= 0.6 is 0 Å². The molecule has 2 heterocycles. The molecule has 5 nitrogen and oxygen atoms in total. The van der Waals surface area contributed by atoms with E-state index in [0.29, 0.717) is 0 Å². The summed E-state index contributed by atoms with van der Waals surface area (Å²) >= 11 is 0. The van der Waals surface area contributed by atoms with Gasteiger partial charge in [0.1, 0.15) is 6.04 Å². The molecule has 1 fully saturated rings. The van der Waals surface area contributed by atoms with Gasteiger partial charge in [-0.05, 0) is 11.6 Å². The van der Waals surface area contributed by atoms with Crippen LogP contribution < -0.4 is 11.1 Å². The molecule has 2 rings (SSSR count). The fourth-order valence-corrected chi connectivity index (χ4v) is 1.78. The summed E-state index contributed by atoms with van der Waals surface area (Å²) < 4.78 is 0. The quantitative estimate of drug-likeness (QED) is 0.705. The maximum atomic E-state index is 12.0. The Morgan fingerprint density at radius 1 is 1.50 bits per heavy atom. The number of carbonyl (C=O) groups excluding carboxylic acids is 1. The normalized spacial score (nSPS) is 18.2. The van der Waals surface area contributed by atoms with E-state index in [1.807, 2.05) is 6.07 Å². The van der Waals surface area contributed by atoms with Crippen LogP contribution in [-0.4, -0.2) is 42.0 Å². The molecule has 86 valence electrons. The first kappa shape index (κ1) is 11.0. The lowest BCUT2D eigenvalue weighted by molar-refractivity contribution is -0.133. The number of hydrogen-bond donors (Lipinski definition) is 2. The minimum atomic E-state index is -0.591. The van der Waals surface area contributed by atoms with Crippen LogP contribution in [0.4, 0.5) is 0 Å². The third-order valence-corrected chi connectivity index (χ3v) is 2.74. The molecule has 1 unspecified atom stereocenters. The number of carbonyl (C=O) groups is 1. The monoisotopic (exact) mass is 220 g/mol. The lowest BCUT2D eigenvalue weighted by Crippen LogP contribution is -2.49. The SMILES string of the molecule is NC(C(=O)N1CCNCC1)c1cccnc1. The van der Waals surface area contributed by atoms with Crippen LogP contribution in [-0.2, 0) is 4.79 Å². The molecule has 1 amide bonds. The summed E-state index contributed by atoms with van der Waals surface area (Å²) in [7, 11) is 0. The topological polar surface area (TPSA) is 71.2 Å². The highest BCUT2D eigenvalue weighted by Gasteiger charge is 2.23. The van der Waals surface area contributed by atoms with Crippen molar-refractivity contribution in [3.63, 3.8) is 0 Å². The molecule has 0 aliphatic carbocycles. The molecular weight excluding hydrogens is 204 g/mol. The van der Waals surface area contributed by atoms with Gasteiger partial charge in [0.2, 0.25) is 5.91 Å². The summed E-state index contributed by atoms with van der Waals surface area (Å²) in [6.45, 7) is 3.14. The van der Waals surface area contributed by atoms with Crippen LogP contribution in [0.5, 0.6) is 0 Å². The van der Waals surface area contributed by atoms with Gasteiger partial charge in [-0.15, -0.1) is 0 Å². The zero-order chi connectivity index (χ0) is 11.4. The lowest BCUT2D eigenvalue weighted by atomic mass is 10.1. The molecule has 0 aromatic carbocycles. The number of rotatable bonds is 2. The molecule has 3 N–H and O–H groups in total. The smallest absolute Gasteiger partial charge is 0.244 e. The van der Waals surface area contributed by atoms with Crippen molar-refractivity contribution < 1.29 is 4.79 Å². The van der Waals surface area contributed by atoms with Crippen molar-refractivity contribution in [3.05, 3.63) is 30.1 Å². The van der Waals surface area contributed by atoms with Crippen molar-refractivity contribution in [1.29, 1.82) is 0 Å². The fourth-order valence-electron chi connectivity index (χ4n) is 1.78. The van der Waals surface area contributed by atoms with Gasteiger partial charge < -0.3 is 16.0 Å². The van der Waals surface area contributed by atoms with E-state index < -0.39 is 6.04 Å². The van der Waals surface area contributed by atoms with Gasteiger partial charge in [0.25, 0.3) is 0 Å². The average molecular weight is 220 g/mol. The molecule has 16 heavy (non-hydrogen) atoms. The van der Waals surface area contributed by atoms with Crippen molar-refractivity contribution in [2.75, 3.05) is 26.2 Å². The highest BCUT2D eigenvalue weighted by atomic mass is 16.2. The number of nitrogens with two attached hydrogens (primary N) is 1. The van der Waals surface area contributed by atoms with Crippen molar-refractivity contribution in [1.82, 2.24) is 15.2 Å². The van der Waals surface area contributed by atoms with Crippen LogP contribution in [0, 0.1) is 0 Å². The summed E-state index contributed by atoms with van der Waals surface area (Å²) in [5.41, 5.74) is 6.69. The van der Waals surface area contributed by atoms with Crippen LogP contribution in [0.15, 0.2) is 24.5 Å². The Labute approximate surface area is 94.6 Å². The average Bonchev–Trinajstić information content (AvgIpc) is 2.39. The fraction of sp³-hybridized carbons (Fsp3) is 0.455. The first-order chi connectivity index (χ1) is 7.79. The molecule has 5 heteroatoms. The minimum Gasteiger partial charge on any atom is -0.339 e. The van der Waals surface area contributed by atoms with E-state index in [-0.39, 0.29) is 5.91 Å². The molecule has 1 aromatic rings. The minimum absolute atomic E-state index is 0.0190. The second-order valence-electron chi connectivity index (χ2n) is 3.84. The maximum absolute atomic E-state index is 12.0. The van der Waals surface area contributed by atoms with Gasteiger partial charge in [0.15, 0.2) is 0 Å². The number of piperazine rings is 1. The first-order valence-corrected chi connectivity index (χ1v) is 5.44. The number of nitrogens with zero attached hydrogens (tertiary/aromatic N) is 2. The summed E-state index contributed by atoms with van der Waals surface area (Å²) in [5.74, 6) is -0.0190. The predicted octanol–water partition coefficient (Wildman–Crippen LogP) is -0.487. The summed E-state index contributed by atoms with van der Waals surface area (Å²) in [5, 5.41) is 3.20. The van der Waals surface area contributed by atoms with E-state index in [0.717, 1.165) is 31.7 Å². The molecule has 1 atom stereocenters. The highest BCUT2D eigenvalue weighted by Crippen LogP contribution is 2.11. The van der Waals surface area contributed by atoms with Gasteiger partial charge in [-0.3, -0.25) is 9.78 Å². The number of pyridine rings is 1. The largest absolute Gasteiger partial charge is 0.339 e. The van der Waals surface area contributed by atoms with Crippen LogP contribution in [0.3, 0.4) is 0 Å². The summed E-state index contributed by atoms with van der Waals surface area (Å²) in [6, 6.07) is 3.03. The molecule has 0 bridgehead atoms. The van der Waals surface area contributed by atoms with Crippen LogP contribution in [0.25, 0.3) is 0 Å². The second-order valence-corrected chi connectivity index (χ2v) is 3.84. The van der Waals surface area contributed by atoms with E-state index in [1.165, 1.54) is 0 Å². The van der Waals surface area contributed by atoms with Gasteiger partial charge >= 0.3 is 0 Å². The molecule has 0 radical (unpaired) electrons. The van der Waals surface area contributed by atoms with E-state index in [9.17, 15) is 4.79 Å². The summed E-state index contributed by atoms with van der Waals surface area (Å²) in [6.07, 6.45) is 3.32. The van der Waals surface area contributed by atoms with Gasteiger partial charge in [0, 0.05) is 38.6 Å². The number of amides is 1. The molecule has 0 saturated carbocycles. The van der Waals surface area contributed by atoms with Gasteiger partial charge in [0.05, 0.1) is 0 Å². The number of nitrogens with one attached hydrogen (secondary N) is 1. The first-order valence-electron chi connectivity index (χ1n) is 5.44. The van der Waals surface area contributed by atoms with Crippen molar-refractivity contribution >= 4 is 5.91 Å².